The Kier molecular flexibility index (Phi) is 12.2. The highest BCUT2D eigenvalue weighted by atomic mass is 32.1. The lowest BCUT2D eigenvalue weighted by Crippen LogP contribution is -2.54. The molecule has 0 atom stereocenters. The maximum absolute atomic E-state index is 13.1. The average molecular weight is 610 g/mol. The van der Waals surface area contributed by atoms with E-state index in [0.717, 1.165) is 27.2 Å². The minimum atomic E-state index is -6.38. The van der Waals surface area contributed by atoms with Gasteiger partial charge in [0.2, 0.25) is 0 Å². The molecule has 12 heteroatoms. The van der Waals surface area contributed by atoms with Crippen molar-refractivity contribution in [3.8, 4) is 16.3 Å². The Labute approximate surface area is 238 Å². The highest BCUT2D eigenvalue weighted by molar-refractivity contribution is 7.21. The SMILES string of the molecule is CCCCCCCCc1ccc2sc(-c3ccc(OCCOCCOCC(F)(F)C(F)(F)C(F)(F)F)cc3)nc2c1. The molecule has 0 saturated carbocycles. The number of aromatic nitrogens is 1. The first-order valence-electron chi connectivity index (χ1n) is 13.5. The summed E-state index contributed by atoms with van der Waals surface area (Å²) in [4.78, 5) is 4.80. The van der Waals surface area contributed by atoms with E-state index in [1.54, 1.807) is 23.5 Å². The summed E-state index contributed by atoms with van der Waals surface area (Å²) in [7, 11) is 0. The third-order valence-electron chi connectivity index (χ3n) is 6.34. The summed E-state index contributed by atoms with van der Waals surface area (Å²) in [5, 5.41) is 0.894. The van der Waals surface area contributed by atoms with Crippen LogP contribution < -0.4 is 4.74 Å². The van der Waals surface area contributed by atoms with Gasteiger partial charge in [-0.25, -0.2) is 4.98 Å². The summed E-state index contributed by atoms with van der Waals surface area (Å²) in [5.74, 6) is -11.0. The number of aryl methyl sites for hydroxylation is 1. The smallest absolute Gasteiger partial charge is 0.459 e. The average Bonchev–Trinajstić information content (AvgIpc) is 3.35. The molecule has 3 aromatic rings. The van der Waals surface area contributed by atoms with E-state index in [-0.39, 0.29) is 19.8 Å². The third kappa shape index (κ3) is 9.54. The van der Waals surface area contributed by atoms with E-state index in [2.05, 4.69) is 29.9 Å². The minimum Gasteiger partial charge on any atom is -0.491 e. The Balaban J connectivity index is 1.36. The zero-order valence-electron chi connectivity index (χ0n) is 22.8. The predicted molar refractivity (Wildman–Crippen MR) is 145 cm³/mol. The molecule has 0 aliphatic heterocycles. The lowest BCUT2D eigenvalue weighted by molar-refractivity contribution is -0.361. The summed E-state index contributed by atoms with van der Waals surface area (Å²) >= 11 is 1.61. The highest BCUT2D eigenvalue weighted by Gasteiger charge is 2.72. The van der Waals surface area contributed by atoms with Crippen molar-refractivity contribution in [1.82, 2.24) is 4.98 Å². The number of halogens is 7. The molecule has 41 heavy (non-hydrogen) atoms. The second kappa shape index (κ2) is 15.2. The Morgan fingerprint density at radius 1 is 0.756 bits per heavy atom. The fourth-order valence-electron chi connectivity index (χ4n) is 3.99. The fourth-order valence-corrected chi connectivity index (χ4v) is 4.94. The summed E-state index contributed by atoms with van der Waals surface area (Å²) in [6, 6.07) is 13.8. The number of nitrogens with zero attached hydrogens (tertiary/aromatic N) is 1. The number of ether oxygens (including phenoxy) is 3. The molecule has 4 nitrogen and oxygen atoms in total. The standard InChI is InChI=1S/C29H34F7NO3S/c1-2-3-4-5-6-7-8-21-9-14-25-24(19-21)37-26(41-25)22-10-12-23(13-11-22)40-18-17-38-15-16-39-20-27(30,31)28(32,33)29(34,35)36/h9-14,19H,2-8,15-18,20H2,1H3. The highest BCUT2D eigenvalue weighted by Crippen LogP contribution is 2.46. The second-order valence-corrected chi connectivity index (χ2v) is 10.7. The van der Waals surface area contributed by atoms with Gasteiger partial charge in [-0.15, -0.1) is 11.3 Å². The van der Waals surface area contributed by atoms with E-state index in [1.165, 1.54) is 44.1 Å². The molecular formula is C29H34F7NO3S. The topological polar surface area (TPSA) is 40.6 Å². The van der Waals surface area contributed by atoms with Crippen molar-refractivity contribution in [2.75, 3.05) is 33.0 Å². The lowest BCUT2D eigenvalue weighted by Gasteiger charge is -2.27. The van der Waals surface area contributed by atoms with Crippen molar-refractivity contribution in [2.45, 2.75) is 69.9 Å². The van der Waals surface area contributed by atoms with Crippen LogP contribution in [0.15, 0.2) is 42.5 Å². The maximum Gasteiger partial charge on any atom is 0.459 e. The van der Waals surface area contributed by atoms with Gasteiger partial charge in [0.1, 0.15) is 24.0 Å². The molecule has 0 amide bonds. The lowest BCUT2D eigenvalue weighted by atomic mass is 10.0. The molecule has 228 valence electrons. The van der Waals surface area contributed by atoms with Crippen molar-refractivity contribution in [3.63, 3.8) is 0 Å². The zero-order valence-corrected chi connectivity index (χ0v) is 23.6. The van der Waals surface area contributed by atoms with Crippen molar-refractivity contribution in [3.05, 3.63) is 48.0 Å². The zero-order chi connectivity index (χ0) is 29.9. The Bertz CT molecular complexity index is 1200. The van der Waals surface area contributed by atoms with Gasteiger partial charge in [0.05, 0.1) is 30.0 Å². The fraction of sp³-hybridized carbons (Fsp3) is 0.552. The van der Waals surface area contributed by atoms with E-state index in [9.17, 15) is 30.7 Å². The summed E-state index contributed by atoms with van der Waals surface area (Å²) in [6.45, 7) is -0.604. The molecule has 3 rings (SSSR count). The number of fused-ring (bicyclic) bond motifs is 1. The maximum atomic E-state index is 13.1. The van der Waals surface area contributed by atoms with E-state index in [1.807, 2.05) is 12.1 Å². The van der Waals surface area contributed by atoms with Gasteiger partial charge in [0.25, 0.3) is 0 Å². The van der Waals surface area contributed by atoms with Gasteiger partial charge >= 0.3 is 18.0 Å². The van der Waals surface area contributed by atoms with E-state index < -0.39 is 31.2 Å². The summed E-state index contributed by atoms with van der Waals surface area (Å²) in [5.41, 5.74) is 3.22. The molecule has 0 bridgehead atoms. The van der Waals surface area contributed by atoms with Crippen molar-refractivity contribution in [2.24, 2.45) is 0 Å². The van der Waals surface area contributed by atoms with Crippen molar-refractivity contribution < 1.29 is 44.9 Å². The van der Waals surface area contributed by atoms with Gasteiger partial charge < -0.3 is 14.2 Å². The van der Waals surface area contributed by atoms with Crippen LogP contribution in [0.5, 0.6) is 5.75 Å². The van der Waals surface area contributed by atoms with Crippen LogP contribution in [0.25, 0.3) is 20.8 Å². The molecule has 0 unspecified atom stereocenters. The number of thiazole rings is 1. The number of hydrogen-bond donors (Lipinski definition) is 0. The molecule has 2 aromatic carbocycles. The number of rotatable bonds is 18. The molecule has 0 radical (unpaired) electrons. The first-order chi connectivity index (χ1) is 19.4. The number of benzene rings is 2. The van der Waals surface area contributed by atoms with Crippen molar-refractivity contribution in [1.29, 1.82) is 0 Å². The molecule has 0 aliphatic carbocycles. The quantitative estimate of drug-likeness (QED) is 0.107. The van der Waals surface area contributed by atoms with Crippen LogP contribution >= 0.6 is 11.3 Å². The van der Waals surface area contributed by atoms with Crippen LogP contribution in [0.2, 0.25) is 0 Å². The molecule has 0 N–H and O–H groups in total. The molecule has 0 saturated heterocycles. The van der Waals surface area contributed by atoms with Crippen LogP contribution in [-0.4, -0.2) is 56.0 Å². The Morgan fingerprint density at radius 3 is 2.12 bits per heavy atom. The van der Waals surface area contributed by atoms with Crippen LogP contribution in [0, 0.1) is 0 Å². The predicted octanol–water partition coefficient (Wildman–Crippen LogP) is 9.11. The minimum absolute atomic E-state index is 0.0269. The number of unbranched alkanes of at least 4 members (excludes halogenated alkanes) is 5. The third-order valence-corrected chi connectivity index (χ3v) is 7.42. The van der Waals surface area contributed by atoms with Gasteiger partial charge in [0, 0.05) is 5.56 Å². The van der Waals surface area contributed by atoms with Gasteiger partial charge in [-0.1, -0.05) is 45.1 Å². The molecular weight excluding hydrogens is 575 g/mol. The number of hydrogen-bond acceptors (Lipinski definition) is 5. The summed E-state index contributed by atoms with van der Waals surface area (Å²) < 4.78 is 104. The molecule has 1 heterocycles. The molecule has 0 aliphatic rings. The second-order valence-electron chi connectivity index (χ2n) is 9.65. The first kappa shape index (κ1) is 33.1. The molecule has 0 fully saturated rings. The van der Waals surface area contributed by atoms with Gasteiger partial charge in [0.15, 0.2) is 0 Å². The van der Waals surface area contributed by atoms with E-state index >= 15 is 0 Å². The monoisotopic (exact) mass is 609 g/mol. The van der Waals surface area contributed by atoms with Crippen LogP contribution in [0.4, 0.5) is 30.7 Å². The molecule has 0 spiro atoms. The normalized spacial score (nSPS) is 12.8. The Morgan fingerprint density at radius 2 is 1.41 bits per heavy atom. The largest absolute Gasteiger partial charge is 0.491 e. The first-order valence-corrected chi connectivity index (χ1v) is 14.4. The van der Waals surface area contributed by atoms with Gasteiger partial charge in [-0.2, -0.15) is 30.7 Å². The summed E-state index contributed by atoms with van der Waals surface area (Å²) in [6.07, 6.45) is 2.23. The molecule has 1 aromatic heterocycles. The van der Waals surface area contributed by atoms with E-state index in [0.29, 0.717) is 5.75 Å². The van der Waals surface area contributed by atoms with Gasteiger partial charge in [-0.3, -0.25) is 0 Å². The van der Waals surface area contributed by atoms with Crippen LogP contribution in [0.1, 0.15) is 51.0 Å². The van der Waals surface area contributed by atoms with Crippen LogP contribution in [-0.2, 0) is 15.9 Å². The van der Waals surface area contributed by atoms with Gasteiger partial charge in [-0.05, 0) is 54.8 Å². The number of alkyl halides is 7. The Hall–Kier alpha value is -2.44. The van der Waals surface area contributed by atoms with Crippen LogP contribution in [0.3, 0.4) is 0 Å². The van der Waals surface area contributed by atoms with Crippen molar-refractivity contribution >= 4 is 21.6 Å². The van der Waals surface area contributed by atoms with E-state index in [4.69, 9.17) is 14.5 Å².